The molecule has 1 fully saturated rings. The molecule has 1 aromatic carbocycles. The van der Waals surface area contributed by atoms with Crippen LogP contribution in [0, 0.1) is 5.41 Å². The zero-order valence-electron chi connectivity index (χ0n) is 15.0. The van der Waals surface area contributed by atoms with Crippen LogP contribution < -0.4 is 5.73 Å². The maximum Gasteiger partial charge on any atom is 0.243 e. The second-order valence-electron chi connectivity index (χ2n) is 7.44. The Morgan fingerprint density at radius 3 is 2.40 bits per heavy atom. The van der Waals surface area contributed by atoms with Crippen molar-refractivity contribution in [1.29, 1.82) is 0 Å². The molecule has 2 aliphatic rings. The predicted molar refractivity (Wildman–Crippen MR) is 97.6 cm³/mol. The minimum absolute atomic E-state index is 0.292. The Labute approximate surface area is 150 Å². The molecule has 1 aliphatic carbocycles. The van der Waals surface area contributed by atoms with Gasteiger partial charge in [0.2, 0.25) is 15.9 Å². The number of primary amides is 1. The summed E-state index contributed by atoms with van der Waals surface area (Å²) in [6.45, 7) is 2.76. The van der Waals surface area contributed by atoms with Gasteiger partial charge in [-0.3, -0.25) is 4.79 Å². The number of hydrogen-bond acceptors (Lipinski definition) is 3. The predicted octanol–water partition coefficient (Wildman–Crippen LogP) is 2.62. The number of nitrogens with two attached hydrogens (primary N) is 1. The van der Waals surface area contributed by atoms with Crippen molar-refractivity contribution < 1.29 is 13.2 Å². The number of benzene rings is 1. The van der Waals surface area contributed by atoms with Crippen molar-refractivity contribution in [2.24, 2.45) is 11.1 Å². The highest BCUT2D eigenvalue weighted by atomic mass is 32.2. The molecule has 2 N–H and O–H groups in total. The molecule has 3 rings (SSSR count). The van der Waals surface area contributed by atoms with Gasteiger partial charge >= 0.3 is 0 Å². The summed E-state index contributed by atoms with van der Waals surface area (Å²) in [6.07, 6.45) is 6.93. The quantitative estimate of drug-likeness (QED) is 0.872. The van der Waals surface area contributed by atoms with E-state index in [9.17, 15) is 13.2 Å². The van der Waals surface area contributed by atoms with Gasteiger partial charge in [0.1, 0.15) is 0 Å². The molecule has 1 saturated heterocycles. The van der Waals surface area contributed by atoms with Crippen LogP contribution in [0.3, 0.4) is 0 Å². The lowest BCUT2D eigenvalue weighted by Crippen LogP contribution is -2.48. The number of hydrogen-bond donors (Lipinski definition) is 1. The average Bonchev–Trinajstić information content (AvgIpc) is 2.62. The number of amides is 1. The molecule has 0 saturated carbocycles. The lowest BCUT2D eigenvalue weighted by Gasteiger charge is -2.39. The molecule has 138 valence electrons. The van der Waals surface area contributed by atoms with Crippen molar-refractivity contribution >= 4 is 15.9 Å². The second-order valence-corrected chi connectivity index (χ2v) is 9.37. The third-order valence-electron chi connectivity index (χ3n) is 5.89. The van der Waals surface area contributed by atoms with E-state index < -0.39 is 15.4 Å². The summed E-state index contributed by atoms with van der Waals surface area (Å²) in [6, 6.07) is 5.56. The maximum absolute atomic E-state index is 13.0. The first-order chi connectivity index (χ1) is 11.9. The summed E-state index contributed by atoms with van der Waals surface area (Å²) in [5.41, 5.74) is 7.52. The molecule has 0 atom stereocenters. The fourth-order valence-electron chi connectivity index (χ4n) is 4.27. The Morgan fingerprint density at radius 2 is 1.80 bits per heavy atom. The number of rotatable bonds is 5. The average molecular weight is 365 g/mol. The van der Waals surface area contributed by atoms with E-state index >= 15 is 0 Å². The highest BCUT2D eigenvalue weighted by molar-refractivity contribution is 7.89. The Hall–Kier alpha value is -1.40. The van der Waals surface area contributed by atoms with Crippen molar-refractivity contribution in [3.63, 3.8) is 0 Å². The Balaban J connectivity index is 1.79. The highest BCUT2D eigenvalue weighted by Crippen LogP contribution is 2.37. The summed E-state index contributed by atoms with van der Waals surface area (Å²) in [7, 11) is -3.51. The third-order valence-corrected chi connectivity index (χ3v) is 7.78. The maximum atomic E-state index is 13.0. The number of piperidine rings is 1. The van der Waals surface area contributed by atoms with Crippen LogP contribution in [0.25, 0.3) is 0 Å². The first kappa shape index (κ1) is 18.4. The van der Waals surface area contributed by atoms with Crippen molar-refractivity contribution in [1.82, 2.24) is 4.31 Å². The van der Waals surface area contributed by atoms with E-state index in [4.69, 9.17) is 5.73 Å². The molecule has 1 aromatic rings. The minimum Gasteiger partial charge on any atom is -0.369 e. The summed E-state index contributed by atoms with van der Waals surface area (Å²) in [5, 5.41) is 0. The van der Waals surface area contributed by atoms with Gasteiger partial charge in [0.15, 0.2) is 0 Å². The van der Waals surface area contributed by atoms with E-state index in [0.717, 1.165) is 32.1 Å². The largest absolute Gasteiger partial charge is 0.369 e. The number of fused-ring (bicyclic) bond motifs is 1. The molecular formula is C19H28N2O3S. The minimum atomic E-state index is -3.51. The van der Waals surface area contributed by atoms with Crippen LogP contribution in [0.4, 0.5) is 0 Å². The molecule has 1 aliphatic heterocycles. The fourth-order valence-corrected chi connectivity index (χ4v) is 5.76. The summed E-state index contributed by atoms with van der Waals surface area (Å²) in [5.74, 6) is -0.292. The highest BCUT2D eigenvalue weighted by Gasteiger charge is 2.42. The van der Waals surface area contributed by atoms with Crippen LogP contribution in [0.15, 0.2) is 23.1 Å². The molecule has 0 radical (unpaired) electrons. The van der Waals surface area contributed by atoms with Crippen LogP contribution in [-0.2, 0) is 27.7 Å². The fraction of sp³-hybridized carbons (Fsp3) is 0.632. The first-order valence-corrected chi connectivity index (χ1v) is 10.7. The second kappa shape index (κ2) is 7.08. The Morgan fingerprint density at radius 1 is 1.16 bits per heavy atom. The summed E-state index contributed by atoms with van der Waals surface area (Å²) >= 11 is 0. The van der Waals surface area contributed by atoms with Gasteiger partial charge in [-0.2, -0.15) is 4.31 Å². The van der Waals surface area contributed by atoms with E-state index in [1.807, 2.05) is 19.1 Å². The summed E-state index contributed by atoms with van der Waals surface area (Å²) < 4.78 is 27.6. The van der Waals surface area contributed by atoms with Gasteiger partial charge in [-0.25, -0.2) is 8.42 Å². The number of nitrogens with zero attached hydrogens (tertiary/aromatic N) is 1. The molecule has 5 nitrogen and oxygen atoms in total. The number of carbonyl (C=O) groups excluding carboxylic acids is 1. The topological polar surface area (TPSA) is 80.5 Å². The van der Waals surface area contributed by atoms with Crippen molar-refractivity contribution in [2.45, 2.75) is 63.2 Å². The van der Waals surface area contributed by atoms with Crippen molar-refractivity contribution in [3.05, 3.63) is 29.3 Å². The van der Waals surface area contributed by atoms with Gasteiger partial charge in [-0.05, 0) is 68.2 Å². The molecule has 0 unspecified atom stereocenters. The van der Waals surface area contributed by atoms with Gasteiger partial charge in [0, 0.05) is 13.1 Å². The standard InChI is InChI=1S/C19H28N2O3S/c1-2-9-19(18(20)22)10-12-21(13-11-19)25(23,24)17-8-7-15-5-3-4-6-16(15)14-17/h7-8,14H,2-6,9-13H2,1H3,(H2,20,22). The smallest absolute Gasteiger partial charge is 0.243 e. The normalized spacial score (nSPS) is 20.8. The van der Waals surface area contributed by atoms with E-state index in [1.165, 1.54) is 21.9 Å². The molecule has 0 bridgehead atoms. The molecule has 1 heterocycles. The Kier molecular flexibility index (Phi) is 5.21. The number of carbonyl (C=O) groups is 1. The van der Waals surface area contributed by atoms with Gasteiger partial charge in [0.25, 0.3) is 0 Å². The lowest BCUT2D eigenvalue weighted by molar-refractivity contribution is -0.130. The van der Waals surface area contributed by atoms with Crippen molar-refractivity contribution in [3.8, 4) is 0 Å². The SMILES string of the molecule is CCCC1(C(N)=O)CCN(S(=O)(=O)c2ccc3c(c2)CCCC3)CC1. The zero-order chi connectivity index (χ0) is 18.1. The van der Waals surface area contributed by atoms with Gasteiger partial charge < -0.3 is 5.73 Å². The van der Waals surface area contributed by atoms with E-state index in [1.54, 1.807) is 6.07 Å². The molecular weight excluding hydrogens is 336 g/mol. The molecule has 1 amide bonds. The van der Waals surface area contributed by atoms with E-state index in [0.29, 0.717) is 30.8 Å². The monoisotopic (exact) mass is 364 g/mol. The van der Waals surface area contributed by atoms with Gasteiger partial charge in [-0.15, -0.1) is 0 Å². The summed E-state index contributed by atoms with van der Waals surface area (Å²) in [4.78, 5) is 12.3. The van der Waals surface area contributed by atoms with Crippen LogP contribution in [0.1, 0.15) is 56.6 Å². The molecule has 6 heteroatoms. The zero-order valence-corrected chi connectivity index (χ0v) is 15.8. The van der Waals surface area contributed by atoms with Crippen LogP contribution >= 0.6 is 0 Å². The molecule has 0 spiro atoms. The first-order valence-electron chi connectivity index (χ1n) is 9.31. The van der Waals surface area contributed by atoms with Gasteiger partial charge in [-0.1, -0.05) is 19.4 Å². The van der Waals surface area contributed by atoms with Gasteiger partial charge in [0.05, 0.1) is 10.3 Å². The van der Waals surface area contributed by atoms with Crippen LogP contribution in [-0.4, -0.2) is 31.7 Å². The van der Waals surface area contributed by atoms with Crippen LogP contribution in [0.2, 0.25) is 0 Å². The van der Waals surface area contributed by atoms with Crippen molar-refractivity contribution in [2.75, 3.05) is 13.1 Å². The van der Waals surface area contributed by atoms with Crippen LogP contribution in [0.5, 0.6) is 0 Å². The molecule has 25 heavy (non-hydrogen) atoms. The lowest BCUT2D eigenvalue weighted by atomic mass is 9.75. The Bertz CT molecular complexity index is 750. The molecule has 0 aromatic heterocycles. The van der Waals surface area contributed by atoms with E-state index in [-0.39, 0.29) is 5.91 Å². The number of aryl methyl sites for hydroxylation is 2. The van der Waals surface area contributed by atoms with E-state index in [2.05, 4.69) is 0 Å². The third kappa shape index (κ3) is 3.47. The number of sulfonamides is 1.